The number of nitrogens with one attached hydrogen (secondary N) is 1. The van der Waals surface area contributed by atoms with Crippen LogP contribution in [0.25, 0.3) is 0 Å². The van der Waals surface area contributed by atoms with Gasteiger partial charge >= 0.3 is 5.97 Å². The summed E-state index contributed by atoms with van der Waals surface area (Å²) in [6, 6.07) is 8.55. The highest BCUT2D eigenvalue weighted by atomic mass is 16.4. The summed E-state index contributed by atoms with van der Waals surface area (Å²) in [7, 11) is 1.88. The molecule has 1 unspecified atom stereocenters. The van der Waals surface area contributed by atoms with Crippen molar-refractivity contribution in [2.75, 3.05) is 7.05 Å². The first-order valence-electron chi connectivity index (χ1n) is 6.90. The predicted octanol–water partition coefficient (Wildman–Crippen LogP) is 3.40. The summed E-state index contributed by atoms with van der Waals surface area (Å²) in [5.74, 6) is -0.754. The molecule has 0 aliphatic rings. The van der Waals surface area contributed by atoms with Crippen LogP contribution in [-0.4, -0.2) is 18.1 Å². The van der Waals surface area contributed by atoms with Crippen molar-refractivity contribution in [3.05, 3.63) is 35.4 Å². The van der Waals surface area contributed by atoms with E-state index in [1.54, 1.807) is 13.8 Å². The minimum atomic E-state index is -0.754. The molecule has 0 fully saturated rings. The highest BCUT2D eigenvalue weighted by Gasteiger charge is 2.30. The molecule has 0 aliphatic carbocycles. The Morgan fingerprint density at radius 2 is 1.89 bits per heavy atom. The van der Waals surface area contributed by atoms with Gasteiger partial charge in [0.2, 0.25) is 0 Å². The first-order valence-corrected chi connectivity index (χ1v) is 6.90. The quantitative estimate of drug-likeness (QED) is 0.792. The number of rotatable bonds is 7. The molecule has 3 heteroatoms. The fourth-order valence-electron chi connectivity index (χ4n) is 2.19. The fourth-order valence-corrected chi connectivity index (χ4v) is 2.19. The Morgan fingerprint density at radius 3 is 2.32 bits per heavy atom. The predicted molar refractivity (Wildman–Crippen MR) is 78.3 cm³/mol. The third kappa shape index (κ3) is 4.35. The standard InChI is InChI=1S/C16H25NO2/c1-5-6-12-7-9-13(10-8-12)14(17-4)11-16(2,3)15(18)19/h7-10,14,17H,5-6,11H2,1-4H3,(H,18,19). The van der Waals surface area contributed by atoms with Gasteiger partial charge in [0.05, 0.1) is 5.41 Å². The van der Waals surface area contributed by atoms with E-state index in [2.05, 4.69) is 36.5 Å². The minimum absolute atomic E-state index is 0.0711. The van der Waals surface area contributed by atoms with Crippen LogP contribution in [0.1, 0.15) is 50.8 Å². The molecule has 0 saturated carbocycles. The molecule has 3 nitrogen and oxygen atoms in total. The molecule has 0 heterocycles. The van der Waals surface area contributed by atoms with Crippen molar-refractivity contribution < 1.29 is 9.90 Å². The Hall–Kier alpha value is -1.35. The van der Waals surface area contributed by atoms with Crippen LogP contribution in [0.15, 0.2) is 24.3 Å². The van der Waals surface area contributed by atoms with Crippen molar-refractivity contribution in [3.8, 4) is 0 Å². The van der Waals surface area contributed by atoms with E-state index in [9.17, 15) is 9.90 Å². The summed E-state index contributed by atoms with van der Waals surface area (Å²) >= 11 is 0. The Kier molecular flexibility index (Phi) is 5.55. The van der Waals surface area contributed by atoms with E-state index in [-0.39, 0.29) is 6.04 Å². The van der Waals surface area contributed by atoms with Gasteiger partial charge in [-0.1, -0.05) is 37.6 Å². The van der Waals surface area contributed by atoms with Gasteiger partial charge in [-0.05, 0) is 44.9 Å². The minimum Gasteiger partial charge on any atom is -0.481 e. The van der Waals surface area contributed by atoms with Crippen LogP contribution in [0.3, 0.4) is 0 Å². The Bertz CT molecular complexity index is 409. The maximum atomic E-state index is 11.2. The van der Waals surface area contributed by atoms with Crippen LogP contribution in [0.5, 0.6) is 0 Å². The molecule has 1 atom stereocenters. The molecule has 1 aromatic carbocycles. The molecule has 0 bridgehead atoms. The summed E-state index contributed by atoms with van der Waals surface area (Å²) in [5, 5.41) is 12.4. The maximum absolute atomic E-state index is 11.2. The van der Waals surface area contributed by atoms with Gasteiger partial charge < -0.3 is 10.4 Å². The van der Waals surface area contributed by atoms with E-state index < -0.39 is 11.4 Å². The molecule has 106 valence electrons. The Balaban J connectivity index is 2.82. The number of hydrogen-bond donors (Lipinski definition) is 2. The number of hydrogen-bond acceptors (Lipinski definition) is 2. The monoisotopic (exact) mass is 263 g/mol. The van der Waals surface area contributed by atoms with Crippen LogP contribution < -0.4 is 5.32 Å². The summed E-state index contributed by atoms with van der Waals surface area (Å²) in [4.78, 5) is 11.2. The fraction of sp³-hybridized carbons (Fsp3) is 0.562. The lowest BCUT2D eigenvalue weighted by Gasteiger charge is -2.26. The molecule has 0 aliphatic heterocycles. The molecule has 2 N–H and O–H groups in total. The number of aliphatic carboxylic acids is 1. The molecule has 1 aromatic rings. The average molecular weight is 263 g/mol. The van der Waals surface area contributed by atoms with Gasteiger partial charge in [-0.2, -0.15) is 0 Å². The van der Waals surface area contributed by atoms with Gasteiger partial charge in [0.15, 0.2) is 0 Å². The van der Waals surface area contributed by atoms with Crippen LogP contribution in [0, 0.1) is 5.41 Å². The van der Waals surface area contributed by atoms with E-state index in [1.165, 1.54) is 5.56 Å². The zero-order chi connectivity index (χ0) is 14.5. The number of carbonyl (C=O) groups is 1. The zero-order valence-electron chi connectivity index (χ0n) is 12.4. The molecule has 0 aromatic heterocycles. The lowest BCUT2D eigenvalue weighted by atomic mass is 9.83. The van der Waals surface area contributed by atoms with Crippen molar-refractivity contribution in [2.24, 2.45) is 5.41 Å². The van der Waals surface area contributed by atoms with Gasteiger partial charge in [-0.25, -0.2) is 0 Å². The van der Waals surface area contributed by atoms with Crippen LogP contribution in [0.2, 0.25) is 0 Å². The van der Waals surface area contributed by atoms with Crippen LogP contribution >= 0.6 is 0 Å². The van der Waals surface area contributed by atoms with Crippen LogP contribution in [-0.2, 0) is 11.2 Å². The van der Waals surface area contributed by atoms with E-state index in [1.807, 2.05) is 7.05 Å². The number of carboxylic acid groups (broad SMARTS) is 1. The number of aryl methyl sites for hydroxylation is 1. The Morgan fingerprint density at radius 1 is 1.32 bits per heavy atom. The first-order chi connectivity index (χ1) is 8.90. The van der Waals surface area contributed by atoms with Crippen LogP contribution in [0.4, 0.5) is 0 Å². The van der Waals surface area contributed by atoms with Crippen molar-refractivity contribution in [1.29, 1.82) is 0 Å². The molecular weight excluding hydrogens is 238 g/mol. The smallest absolute Gasteiger partial charge is 0.309 e. The first kappa shape index (κ1) is 15.7. The van der Waals surface area contributed by atoms with Gasteiger partial charge in [-0.3, -0.25) is 4.79 Å². The lowest BCUT2D eigenvalue weighted by molar-refractivity contribution is -0.147. The van der Waals surface area contributed by atoms with Gasteiger partial charge in [-0.15, -0.1) is 0 Å². The van der Waals surface area contributed by atoms with Gasteiger partial charge in [0.1, 0.15) is 0 Å². The molecule has 1 rings (SSSR count). The molecule has 0 amide bonds. The van der Waals surface area contributed by atoms with Gasteiger partial charge in [0.25, 0.3) is 0 Å². The second-order valence-electron chi connectivity index (χ2n) is 5.73. The summed E-state index contributed by atoms with van der Waals surface area (Å²) < 4.78 is 0. The largest absolute Gasteiger partial charge is 0.481 e. The number of carboxylic acids is 1. The third-order valence-electron chi connectivity index (χ3n) is 3.56. The van der Waals surface area contributed by atoms with E-state index in [4.69, 9.17) is 0 Å². The Labute approximate surface area is 116 Å². The number of benzene rings is 1. The molecule has 19 heavy (non-hydrogen) atoms. The summed E-state index contributed by atoms with van der Waals surface area (Å²) in [5.41, 5.74) is 1.76. The highest BCUT2D eigenvalue weighted by molar-refractivity contribution is 5.73. The molecule has 0 radical (unpaired) electrons. The van der Waals surface area contributed by atoms with Crippen molar-refractivity contribution in [1.82, 2.24) is 5.32 Å². The SMILES string of the molecule is CCCc1ccc(C(CC(C)(C)C(=O)O)NC)cc1. The normalized spacial score (nSPS) is 13.3. The van der Waals surface area contributed by atoms with Gasteiger partial charge in [0, 0.05) is 6.04 Å². The van der Waals surface area contributed by atoms with Crippen molar-refractivity contribution in [3.63, 3.8) is 0 Å². The molecular formula is C16H25NO2. The maximum Gasteiger partial charge on any atom is 0.309 e. The van der Waals surface area contributed by atoms with Crippen molar-refractivity contribution in [2.45, 2.75) is 46.1 Å². The lowest BCUT2D eigenvalue weighted by Crippen LogP contribution is -2.30. The molecule has 0 saturated heterocycles. The third-order valence-corrected chi connectivity index (χ3v) is 3.56. The highest BCUT2D eigenvalue weighted by Crippen LogP contribution is 2.30. The summed E-state index contributed by atoms with van der Waals surface area (Å²) in [6.45, 7) is 5.70. The van der Waals surface area contributed by atoms with E-state index in [0.717, 1.165) is 18.4 Å². The molecule has 0 spiro atoms. The topological polar surface area (TPSA) is 49.3 Å². The van der Waals surface area contributed by atoms with E-state index in [0.29, 0.717) is 6.42 Å². The average Bonchev–Trinajstić information content (AvgIpc) is 2.37. The summed E-state index contributed by atoms with van der Waals surface area (Å²) in [6.07, 6.45) is 2.80. The zero-order valence-corrected chi connectivity index (χ0v) is 12.4. The second-order valence-corrected chi connectivity index (χ2v) is 5.73. The second kappa shape index (κ2) is 6.71. The van der Waals surface area contributed by atoms with E-state index >= 15 is 0 Å². The van der Waals surface area contributed by atoms with Crippen molar-refractivity contribution >= 4 is 5.97 Å².